The highest BCUT2D eigenvalue weighted by molar-refractivity contribution is 7.90. The number of nitrogens with one attached hydrogen (secondary N) is 1. The van der Waals surface area contributed by atoms with Gasteiger partial charge in [-0.05, 0) is 38.3 Å². The molecule has 0 bridgehead atoms. The predicted octanol–water partition coefficient (Wildman–Crippen LogP) is 2.32. The maximum Gasteiger partial charge on any atom is 0.407 e. The fourth-order valence-corrected chi connectivity index (χ4v) is 4.35. The molecule has 6 heteroatoms. The van der Waals surface area contributed by atoms with Gasteiger partial charge in [0.1, 0.15) is 4.75 Å². The molecule has 3 rings (SSSR count). The van der Waals surface area contributed by atoms with Crippen LogP contribution < -0.4 is 4.72 Å². The van der Waals surface area contributed by atoms with Crippen molar-refractivity contribution < 1.29 is 14.5 Å². The quantitative estimate of drug-likeness (QED) is 0.819. The van der Waals surface area contributed by atoms with E-state index in [1.807, 2.05) is 32.9 Å². The van der Waals surface area contributed by atoms with E-state index in [-0.39, 0.29) is 16.2 Å². The van der Waals surface area contributed by atoms with Crippen LogP contribution in [0.4, 0.5) is 4.79 Å². The zero-order valence-corrected chi connectivity index (χ0v) is 13.9. The smallest absolute Gasteiger partial charge is 0.407 e. The van der Waals surface area contributed by atoms with Crippen molar-refractivity contribution in [2.45, 2.75) is 38.0 Å². The number of carboxylic acid groups (broad SMARTS) is 1. The first kappa shape index (κ1) is 15.6. The molecular formula is C16H22N2O3S. The number of fused-ring (bicyclic) bond motifs is 1. The van der Waals surface area contributed by atoms with E-state index in [1.165, 1.54) is 10.5 Å². The van der Waals surface area contributed by atoms with Gasteiger partial charge in [-0.25, -0.2) is 4.79 Å². The van der Waals surface area contributed by atoms with Crippen LogP contribution in [0.25, 0.3) is 0 Å². The molecule has 1 aromatic carbocycles. The maximum absolute atomic E-state index is 12.5. The topological polar surface area (TPSA) is 75.6 Å². The molecule has 1 amide bonds. The van der Waals surface area contributed by atoms with Gasteiger partial charge in [-0.2, -0.15) is 0 Å². The third-order valence-electron chi connectivity index (χ3n) is 4.58. The number of carbonyl (C=O) groups is 1. The molecule has 0 unspecified atom stereocenters. The number of hydrogen-bond acceptors (Lipinski definition) is 3. The first-order valence-electron chi connectivity index (χ1n) is 7.47. The van der Waals surface area contributed by atoms with Gasteiger partial charge in [-0.15, -0.1) is 4.72 Å². The highest BCUT2D eigenvalue weighted by atomic mass is 32.2. The van der Waals surface area contributed by atoms with Crippen LogP contribution in [-0.2, 0) is 17.8 Å². The molecule has 1 aliphatic heterocycles. The number of benzene rings is 1. The summed E-state index contributed by atoms with van der Waals surface area (Å²) < 4.78 is 15.5. The molecule has 22 heavy (non-hydrogen) atoms. The second kappa shape index (κ2) is 5.15. The fourth-order valence-electron chi connectivity index (χ4n) is 3.40. The lowest BCUT2D eigenvalue weighted by molar-refractivity contribution is -0.00380. The molecule has 5 nitrogen and oxygen atoms in total. The van der Waals surface area contributed by atoms with E-state index in [0.717, 1.165) is 12.0 Å². The summed E-state index contributed by atoms with van der Waals surface area (Å²) in [5.74, 6) is 0. The summed E-state index contributed by atoms with van der Waals surface area (Å²) in [6.07, 6.45) is -0.0383. The number of amides is 1. The maximum atomic E-state index is 12.5. The molecule has 2 atom stereocenters. The lowest BCUT2D eigenvalue weighted by Gasteiger charge is -2.50. The molecule has 0 aromatic heterocycles. The number of hydrogen-bond donors (Lipinski definition) is 2. The molecule has 0 radical (unpaired) electrons. The molecule has 2 N–H and O–H groups in total. The Morgan fingerprint density at radius 1 is 1.41 bits per heavy atom. The van der Waals surface area contributed by atoms with E-state index in [2.05, 4.69) is 16.9 Å². The van der Waals surface area contributed by atoms with E-state index in [9.17, 15) is 9.35 Å². The van der Waals surface area contributed by atoms with Crippen LogP contribution >= 0.6 is 0 Å². The first-order chi connectivity index (χ1) is 10.2. The molecule has 0 saturated carbocycles. The second-order valence-corrected chi connectivity index (χ2v) is 9.31. The summed E-state index contributed by atoms with van der Waals surface area (Å²) in [6.45, 7) is 6.81. The summed E-state index contributed by atoms with van der Waals surface area (Å²) in [5, 5.41) is 9.14. The van der Waals surface area contributed by atoms with Gasteiger partial charge in [0.2, 0.25) is 0 Å². The van der Waals surface area contributed by atoms with Crippen molar-refractivity contribution in [1.82, 2.24) is 9.62 Å². The molecule has 1 heterocycles. The first-order valence-corrected chi connectivity index (χ1v) is 8.62. The second-order valence-electron chi connectivity index (χ2n) is 7.31. The SMILES string of the molecule is CC(C)(C)[S@@+]([O-])N[C@@H]1c2ccccc2CC12CN(C(=O)O)C2. The van der Waals surface area contributed by atoms with Crippen molar-refractivity contribution in [3.8, 4) is 0 Å². The van der Waals surface area contributed by atoms with Crippen LogP contribution in [0.1, 0.15) is 37.9 Å². The van der Waals surface area contributed by atoms with Gasteiger partial charge >= 0.3 is 6.09 Å². The van der Waals surface area contributed by atoms with Gasteiger partial charge in [0, 0.05) is 29.9 Å². The van der Waals surface area contributed by atoms with Crippen molar-refractivity contribution in [3.05, 3.63) is 35.4 Å². The van der Waals surface area contributed by atoms with Gasteiger partial charge in [0.25, 0.3) is 0 Å². The number of rotatable bonds is 2. The summed E-state index contributed by atoms with van der Waals surface area (Å²) in [5.41, 5.74) is 2.23. The molecule has 1 aliphatic carbocycles. The standard InChI is InChI=1S/C16H22N2O3S/c1-15(2,3)22(21)17-13-12-7-5-4-6-11(12)8-16(13)9-18(10-16)14(19)20/h4-7,13,17H,8-10H2,1-3H3,(H,19,20)/t13-,22-/m1/s1. The van der Waals surface area contributed by atoms with Crippen LogP contribution in [0.2, 0.25) is 0 Å². The lowest BCUT2D eigenvalue weighted by atomic mass is 9.74. The molecule has 1 saturated heterocycles. The van der Waals surface area contributed by atoms with Crippen LogP contribution in [-0.4, -0.2) is 38.5 Å². The predicted molar refractivity (Wildman–Crippen MR) is 85.9 cm³/mol. The van der Waals surface area contributed by atoms with Crippen LogP contribution in [0.3, 0.4) is 0 Å². The Labute approximate surface area is 134 Å². The largest absolute Gasteiger partial charge is 0.598 e. The summed E-state index contributed by atoms with van der Waals surface area (Å²) in [7, 11) is 0. The van der Waals surface area contributed by atoms with Gasteiger partial charge < -0.3 is 14.6 Å². The van der Waals surface area contributed by atoms with E-state index < -0.39 is 17.5 Å². The van der Waals surface area contributed by atoms with Crippen LogP contribution in [0.5, 0.6) is 0 Å². The van der Waals surface area contributed by atoms with E-state index in [0.29, 0.717) is 13.1 Å². The van der Waals surface area contributed by atoms with E-state index >= 15 is 0 Å². The fraction of sp³-hybridized carbons (Fsp3) is 0.562. The summed E-state index contributed by atoms with van der Waals surface area (Å²) in [4.78, 5) is 12.6. The zero-order chi connectivity index (χ0) is 16.1. The van der Waals surface area contributed by atoms with Gasteiger partial charge in [0.15, 0.2) is 0 Å². The molecule has 120 valence electrons. The zero-order valence-electron chi connectivity index (χ0n) is 13.1. The van der Waals surface area contributed by atoms with Crippen molar-refractivity contribution >= 4 is 17.5 Å². The average Bonchev–Trinajstić information content (AvgIpc) is 2.70. The van der Waals surface area contributed by atoms with Crippen LogP contribution in [0, 0.1) is 5.41 Å². The highest BCUT2D eigenvalue weighted by Crippen LogP contribution is 2.51. The van der Waals surface area contributed by atoms with Crippen molar-refractivity contribution in [2.75, 3.05) is 13.1 Å². The molecule has 2 aliphatic rings. The van der Waals surface area contributed by atoms with Crippen molar-refractivity contribution in [1.29, 1.82) is 0 Å². The Balaban J connectivity index is 1.87. The summed E-state index contributed by atoms with van der Waals surface area (Å²) in [6, 6.07) is 8.08. The Bertz CT molecular complexity index is 593. The third kappa shape index (κ3) is 2.49. The third-order valence-corrected chi connectivity index (χ3v) is 6.15. The Hall–Kier alpha value is -1.24. The minimum atomic E-state index is -1.19. The molecule has 1 fully saturated rings. The Morgan fingerprint density at radius 2 is 2.05 bits per heavy atom. The minimum absolute atomic E-state index is 0.0561. The Morgan fingerprint density at radius 3 is 2.64 bits per heavy atom. The average molecular weight is 322 g/mol. The van der Waals surface area contributed by atoms with Gasteiger partial charge in [-0.1, -0.05) is 24.3 Å². The minimum Gasteiger partial charge on any atom is -0.598 e. The van der Waals surface area contributed by atoms with Gasteiger partial charge in [-0.3, -0.25) is 0 Å². The normalized spacial score (nSPS) is 24.0. The number of nitrogens with zero attached hydrogens (tertiary/aromatic N) is 1. The molecule has 1 spiro atoms. The molecular weight excluding hydrogens is 300 g/mol. The van der Waals surface area contributed by atoms with Crippen molar-refractivity contribution in [3.63, 3.8) is 0 Å². The number of likely N-dealkylation sites (tertiary alicyclic amines) is 1. The molecule has 1 aromatic rings. The monoisotopic (exact) mass is 322 g/mol. The van der Waals surface area contributed by atoms with E-state index in [1.54, 1.807) is 0 Å². The summed E-state index contributed by atoms with van der Waals surface area (Å²) >= 11 is -1.19. The van der Waals surface area contributed by atoms with Crippen molar-refractivity contribution in [2.24, 2.45) is 5.41 Å². The Kier molecular flexibility index (Phi) is 3.66. The lowest BCUT2D eigenvalue weighted by Crippen LogP contribution is -2.63. The van der Waals surface area contributed by atoms with Crippen LogP contribution in [0.15, 0.2) is 24.3 Å². The highest BCUT2D eigenvalue weighted by Gasteiger charge is 2.57. The van der Waals surface area contributed by atoms with Gasteiger partial charge in [0.05, 0.1) is 6.04 Å². The van der Waals surface area contributed by atoms with E-state index in [4.69, 9.17) is 5.11 Å².